The van der Waals surface area contributed by atoms with Crippen molar-refractivity contribution in [3.05, 3.63) is 23.1 Å². The van der Waals surface area contributed by atoms with E-state index in [0.29, 0.717) is 5.22 Å². The van der Waals surface area contributed by atoms with Crippen LogP contribution in [0.2, 0.25) is 5.22 Å². The van der Waals surface area contributed by atoms with Crippen molar-refractivity contribution in [2.75, 3.05) is 0 Å². The van der Waals surface area contributed by atoms with E-state index in [-0.39, 0.29) is 6.04 Å². The second-order valence-electron chi connectivity index (χ2n) is 4.08. The molecule has 1 aromatic heterocycles. The number of rotatable bonds is 5. The third kappa shape index (κ3) is 3.35. The standard InChI is InChI=1S/C11H18ClNO/c1-8(2)4-3-5-10(13)9-6-7-14-11(9)12/h6-8,10H,3-5,13H2,1-2H3. The lowest BCUT2D eigenvalue weighted by molar-refractivity contribution is 0.501. The third-order valence-corrected chi connectivity index (χ3v) is 2.65. The van der Waals surface area contributed by atoms with Crippen LogP contribution < -0.4 is 5.73 Å². The van der Waals surface area contributed by atoms with Crippen LogP contribution in [0.3, 0.4) is 0 Å². The van der Waals surface area contributed by atoms with Gasteiger partial charge in [-0.15, -0.1) is 0 Å². The van der Waals surface area contributed by atoms with Crippen LogP contribution >= 0.6 is 11.6 Å². The van der Waals surface area contributed by atoms with Crippen molar-refractivity contribution in [3.8, 4) is 0 Å². The molecule has 0 aliphatic carbocycles. The minimum absolute atomic E-state index is 0.0139. The van der Waals surface area contributed by atoms with Crippen LogP contribution in [0, 0.1) is 5.92 Å². The van der Waals surface area contributed by atoms with Gasteiger partial charge in [0.2, 0.25) is 0 Å². The molecule has 0 aromatic carbocycles. The highest BCUT2D eigenvalue weighted by molar-refractivity contribution is 6.29. The molecule has 0 saturated heterocycles. The molecule has 3 heteroatoms. The van der Waals surface area contributed by atoms with E-state index in [1.54, 1.807) is 6.26 Å². The Morgan fingerprint density at radius 2 is 2.14 bits per heavy atom. The Morgan fingerprint density at radius 1 is 1.43 bits per heavy atom. The van der Waals surface area contributed by atoms with Gasteiger partial charge in [0.15, 0.2) is 5.22 Å². The van der Waals surface area contributed by atoms with Crippen LogP contribution in [0.25, 0.3) is 0 Å². The quantitative estimate of drug-likeness (QED) is 0.813. The Balaban J connectivity index is 2.36. The summed E-state index contributed by atoms with van der Waals surface area (Å²) >= 11 is 5.83. The van der Waals surface area contributed by atoms with Gasteiger partial charge in [0.05, 0.1) is 6.26 Å². The maximum Gasteiger partial charge on any atom is 0.197 e. The number of halogens is 1. The molecule has 0 radical (unpaired) electrons. The highest BCUT2D eigenvalue weighted by atomic mass is 35.5. The molecule has 0 spiro atoms. The molecule has 80 valence electrons. The van der Waals surface area contributed by atoms with Crippen LogP contribution in [0.15, 0.2) is 16.7 Å². The number of furan rings is 1. The molecular formula is C11H18ClNO. The molecule has 1 aromatic rings. The molecule has 1 unspecified atom stereocenters. The van der Waals surface area contributed by atoms with Gasteiger partial charge in [0, 0.05) is 11.6 Å². The first kappa shape index (κ1) is 11.6. The van der Waals surface area contributed by atoms with Crippen LogP contribution in [0.4, 0.5) is 0 Å². The fourth-order valence-corrected chi connectivity index (χ4v) is 1.73. The van der Waals surface area contributed by atoms with Crippen LogP contribution in [-0.2, 0) is 0 Å². The smallest absolute Gasteiger partial charge is 0.197 e. The lowest BCUT2D eigenvalue weighted by Gasteiger charge is -2.10. The Bertz CT molecular complexity index is 270. The lowest BCUT2D eigenvalue weighted by atomic mass is 10.0. The Hall–Kier alpha value is -0.470. The molecule has 0 bridgehead atoms. The topological polar surface area (TPSA) is 39.2 Å². The van der Waals surface area contributed by atoms with Gasteiger partial charge in [-0.2, -0.15) is 0 Å². The summed E-state index contributed by atoms with van der Waals surface area (Å²) < 4.78 is 5.00. The molecule has 0 saturated carbocycles. The van der Waals surface area contributed by atoms with Crippen molar-refractivity contribution in [2.45, 2.75) is 39.2 Å². The second kappa shape index (κ2) is 5.42. The minimum Gasteiger partial charge on any atom is -0.453 e. The number of nitrogens with two attached hydrogens (primary N) is 1. The molecule has 0 aliphatic heterocycles. The van der Waals surface area contributed by atoms with E-state index in [1.807, 2.05) is 6.07 Å². The zero-order valence-electron chi connectivity index (χ0n) is 8.79. The van der Waals surface area contributed by atoms with Crippen molar-refractivity contribution in [1.29, 1.82) is 0 Å². The van der Waals surface area contributed by atoms with E-state index in [4.69, 9.17) is 21.8 Å². The van der Waals surface area contributed by atoms with Crippen molar-refractivity contribution in [3.63, 3.8) is 0 Å². The molecule has 1 atom stereocenters. The molecule has 1 heterocycles. The molecule has 0 aliphatic rings. The second-order valence-corrected chi connectivity index (χ2v) is 4.42. The monoisotopic (exact) mass is 215 g/mol. The van der Waals surface area contributed by atoms with E-state index in [9.17, 15) is 0 Å². The zero-order chi connectivity index (χ0) is 10.6. The summed E-state index contributed by atoms with van der Waals surface area (Å²) in [5.41, 5.74) is 6.91. The van der Waals surface area contributed by atoms with Gasteiger partial charge in [-0.25, -0.2) is 0 Å². The molecule has 2 nitrogen and oxygen atoms in total. The van der Waals surface area contributed by atoms with Gasteiger partial charge in [0.25, 0.3) is 0 Å². The highest BCUT2D eigenvalue weighted by Crippen LogP contribution is 2.26. The Labute approximate surface area is 90.4 Å². The first-order chi connectivity index (χ1) is 6.61. The first-order valence-electron chi connectivity index (χ1n) is 5.09. The van der Waals surface area contributed by atoms with E-state index in [0.717, 1.165) is 24.3 Å². The molecule has 2 N–H and O–H groups in total. The number of hydrogen-bond acceptors (Lipinski definition) is 2. The summed E-state index contributed by atoms with van der Waals surface area (Å²) in [7, 11) is 0. The van der Waals surface area contributed by atoms with Crippen molar-refractivity contribution in [1.82, 2.24) is 0 Å². The normalized spacial score (nSPS) is 13.5. The SMILES string of the molecule is CC(C)CCCC(N)c1ccoc1Cl. The predicted octanol–water partition coefficient (Wildman–Crippen LogP) is 3.76. The van der Waals surface area contributed by atoms with Gasteiger partial charge < -0.3 is 10.2 Å². The van der Waals surface area contributed by atoms with Gasteiger partial charge in [0.1, 0.15) is 0 Å². The summed E-state index contributed by atoms with van der Waals surface area (Å²) in [4.78, 5) is 0. The van der Waals surface area contributed by atoms with Gasteiger partial charge in [-0.05, 0) is 30.0 Å². The van der Waals surface area contributed by atoms with E-state index in [1.165, 1.54) is 6.42 Å². The summed E-state index contributed by atoms with van der Waals surface area (Å²) in [5, 5.41) is 0.432. The van der Waals surface area contributed by atoms with E-state index < -0.39 is 0 Å². The molecule has 14 heavy (non-hydrogen) atoms. The van der Waals surface area contributed by atoms with Crippen molar-refractivity contribution < 1.29 is 4.42 Å². The zero-order valence-corrected chi connectivity index (χ0v) is 9.55. The molecule has 0 amide bonds. The Morgan fingerprint density at radius 3 is 2.64 bits per heavy atom. The average Bonchev–Trinajstić information content (AvgIpc) is 2.50. The van der Waals surface area contributed by atoms with E-state index in [2.05, 4.69) is 13.8 Å². The van der Waals surface area contributed by atoms with Gasteiger partial charge in [-0.1, -0.05) is 26.7 Å². The van der Waals surface area contributed by atoms with Gasteiger partial charge >= 0.3 is 0 Å². The largest absolute Gasteiger partial charge is 0.453 e. The Kier molecular flexibility index (Phi) is 4.49. The fourth-order valence-electron chi connectivity index (χ4n) is 1.47. The first-order valence-corrected chi connectivity index (χ1v) is 5.47. The summed E-state index contributed by atoms with van der Waals surface area (Å²) in [6, 6.07) is 1.86. The fraction of sp³-hybridized carbons (Fsp3) is 0.636. The van der Waals surface area contributed by atoms with Gasteiger partial charge in [-0.3, -0.25) is 0 Å². The highest BCUT2D eigenvalue weighted by Gasteiger charge is 2.12. The number of hydrogen-bond donors (Lipinski definition) is 1. The molecule has 0 fully saturated rings. The average molecular weight is 216 g/mol. The molecular weight excluding hydrogens is 198 g/mol. The minimum atomic E-state index is 0.0139. The summed E-state index contributed by atoms with van der Waals surface area (Å²) in [6.07, 6.45) is 4.90. The van der Waals surface area contributed by atoms with Crippen LogP contribution in [-0.4, -0.2) is 0 Å². The third-order valence-electron chi connectivity index (χ3n) is 2.34. The summed E-state index contributed by atoms with van der Waals surface area (Å²) in [5.74, 6) is 0.738. The lowest BCUT2D eigenvalue weighted by Crippen LogP contribution is -2.09. The van der Waals surface area contributed by atoms with Crippen molar-refractivity contribution >= 4 is 11.6 Å². The predicted molar refractivity (Wildman–Crippen MR) is 59.3 cm³/mol. The van der Waals surface area contributed by atoms with Crippen molar-refractivity contribution in [2.24, 2.45) is 11.7 Å². The van der Waals surface area contributed by atoms with Crippen LogP contribution in [0.1, 0.15) is 44.7 Å². The van der Waals surface area contributed by atoms with E-state index >= 15 is 0 Å². The molecule has 1 rings (SSSR count). The maximum absolute atomic E-state index is 5.98. The maximum atomic E-state index is 5.98. The van der Waals surface area contributed by atoms with Crippen LogP contribution in [0.5, 0.6) is 0 Å². The summed E-state index contributed by atoms with van der Waals surface area (Å²) in [6.45, 7) is 4.44.